The Bertz CT molecular complexity index is 1770. The van der Waals surface area contributed by atoms with Crippen molar-refractivity contribution < 1.29 is 37.6 Å². The zero-order valence-electron chi connectivity index (χ0n) is 57.4. The lowest BCUT2D eigenvalue weighted by Crippen LogP contribution is -2.29. The highest BCUT2D eigenvalue weighted by molar-refractivity contribution is 7.47. The molecule has 0 radical (unpaired) electrons. The molecule has 510 valence electrons. The van der Waals surface area contributed by atoms with Crippen molar-refractivity contribution in [3.05, 3.63) is 97.2 Å². The molecule has 88 heavy (non-hydrogen) atoms. The number of hydrogen-bond acceptors (Lipinski definition) is 8. The third kappa shape index (κ3) is 72.0. The molecule has 0 saturated carbocycles. The molecule has 10 heteroatoms. The Hall–Kier alpha value is -3.07. The van der Waals surface area contributed by atoms with Crippen LogP contribution in [0.25, 0.3) is 0 Å². The number of nitrogens with two attached hydrogens (primary N) is 1. The number of carbonyl (C=O) groups is 2. The molecule has 0 amide bonds. The standard InChI is InChI=1S/C78H140NO8P/c1-3-5-7-9-11-13-15-17-19-21-23-25-27-29-31-33-34-35-36-37-38-39-40-41-42-43-45-47-49-51-53-55-57-59-61-63-65-67-69-71-78(81)87-76(75-86-88(82,83)85-73-72-79)74-84-77(80)70-68-66-64-62-60-58-56-54-52-50-48-46-44-32-30-28-26-24-22-20-18-16-14-12-10-8-6-4-2/h5,7,11,13,17,19,23,25,29,31,34-35,37-38,40-41,76H,3-4,6,8-10,12,14-16,18,20-22,24,26-28,30,32-33,36,39,42-75,79H2,1-2H3,(H,82,83)/b7-5-,13-11-,19-17-,25-23-,31-29-,35-34-,38-37-,41-40-. The normalized spacial score (nSPS) is 13.5. The van der Waals surface area contributed by atoms with Gasteiger partial charge in [0.2, 0.25) is 0 Å². The van der Waals surface area contributed by atoms with Crippen molar-refractivity contribution in [3.63, 3.8) is 0 Å². The van der Waals surface area contributed by atoms with Gasteiger partial charge in [0, 0.05) is 19.4 Å². The molecule has 0 aliphatic heterocycles. The largest absolute Gasteiger partial charge is 0.472 e. The zero-order chi connectivity index (χ0) is 63.7. The fourth-order valence-electron chi connectivity index (χ4n) is 10.8. The van der Waals surface area contributed by atoms with Gasteiger partial charge in [0.1, 0.15) is 6.61 Å². The SMILES string of the molecule is CC/C=C\C/C=C\C/C=C\C/C=C\C/C=C\C/C=C\C/C=C\C/C=C\CCCCCCCCCCCCCCCCC(=O)OC(COC(=O)CCCCCCCCCCCCCCCCCCCCCCCCCCCCCC)COP(=O)(O)OCCN. The minimum atomic E-state index is -4.40. The van der Waals surface area contributed by atoms with E-state index in [0.29, 0.717) is 6.42 Å². The summed E-state index contributed by atoms with van der Waals surface area (Å²) in [4.78, 5) is 35.4. The number of phosphoric acid groups is 1. The van der Waals surface area contributed by atoms with Crippen LogP contribution < -0.4 is 5.73 Å². The van der Waals surface area contributed by atoms with Gasteiger partial charge in [0.05, 0.1) is 13.2 Å². The van der Waals surface area contributed by atoms with Gasteiger partial charge in [0.15, 0.2) is 6.10 Å². The number of rotatable bonds is 70. The average molecular weight is 1250 g/mol. The van der Waals surface area contributed by atoms with Crippen LogP contribution in [0.3, 0.4) is 0 Å². The van der Waals surface area contributed by atoms with E-state index < -0.39 is 26.5 Å². The van der Waals surface area contributed by atoms with Crippen molar-refractivity contribution in [1.29, 1.82) is 0 Å². The monoisotopic (exact) mass is 1250 g/mol. The van der Waals surface area contributed by atoms with Crippen LogP contribution in [0.4, 0.5) is 0 Å². The Labute approximate surface area is 544 Å². The molecule has 0 aliphatic rings. The highest BCUT2D eigenvalue weighted by atomic mass is 31.2. The fourth-order valence-corrected chi connectivity index (χ4v) is 11.5. The molecule has 0 aromatic rings. The first-order chi connectivity index (χ1) is 43.3. The summed E-state index contributed by atoms with van der Waals surface area (Å²) in [5.41, 5.74) is 5.41. The number of esters is 2. The fraction of sp³-hybridized carbons (Fsp3) is 0.769. The maximum absolute atomic E-state index is 12.8. The number of unbranched alkanes of at least 4 members (excludes halogenated alkanes) is 41. The smallest absolute Gasteiger partial charge is 0.462 e. The van der Waals surface area contributed by atoms with Gasteiger partial charge in [-0.3, -0.25) is 18.6 Å². The van der Waals surface area contributed by atoms with E-state index in [4.69, 9.17) is 24.3 Å². The quantitative estimate of drug-likeness (QED) is 0.0264. The number of ether oxygens (including phenoxy) is 2. The molecular formula is C78H140NO8P. The summed E-state index contributed by atoms with van der Waals surface area (Å²) in [5, 5.41) is 0. The van der Waals surface area contributed by atoms with Gasteiger partial charge in [-0.05, 0) is 77.0 Å². The second kappa shape index (κ2) is 73.0. The molecule has 0 saturated heterocycles. The van der Waals surface area contributed by atoms with Gasteiger partial charge in [-0.2, -0.15) is 0 Å². The Balaban J connectivity index is 3.85. The summed E-state index contributed by atoms with van der Waals surface area (Å²) in [5.74, 6) is -0.814. The first kappa shape index (κ1) is 84.9. The van der Waals surface area contributed by atoms with E-state index in [2.05, 4.69) is 111 Å². The van der Waals surface area contributed by atoms with Crippen LogP contribution in [0.15, 0.2) is 97.2 Å². The number of hydrogen-bond donors (Lipinski definition) is 2. The van der Waals surface area contributed by atoms with Gasteiger partial charge < -0.3 is 20.1 Å². The van der Waals surface area contributed by atoms with Crippen LogP contribution in [0.5, 0.6) is 0 Å². The van der Waals surface area contributed by atoms with E-state index in [1.54, 1.807) is 0 Å². The third-order valence-electron chi connectivity index (χ3n) is 16.2. The van der Waals surface area contributed by atoms with E-state index in [0.717, 1.165) is 89.9 Å². The van der Waals surface area contributed by atoms with E-state index >= 15 is 0 Å². The molecule has 0 rings (SSSR count). The van der Waals surface area contributed by atoms with Crippen molar-refractivity contribution in [1.82, 2.24) is 0 Å². The maximum Gasteiger partial charge on any atom is 0.472 e. The van der Waals surface area contributed by atoms with E-state index in [-0.39, 0.29) is 38.6 Å². The summed E-state index contributed by atoms with van der Waals surface area (Å²) in [6.07, 6.45) is 99.5. The van der Waals surface area contributed by atoms with E-state index in [1.165, 1.54) is 231 Å². The predicted molar refractivity (Wildman–Crippen MR) is 381 cm³/mol. The summed E-state index contributed by atoms with van der Waals surface area (Å²) in [6, 6.07) is 0. The zero-order valence-corrected chi connectivity index (χ0v) is 58.3. The summed E-state index contributed by atoms with van der Waals surface area (Å²) in [6.45, 7) is 3.68. The molecule has 3 N–H and O–H groups in total. The van der Waals surface area contributed by atoms with Gasteiger partial charge in [-0.25, -0.2) is 4.57 Å². The molecule has 0 spiro atoms. The molecule has 0 fully saturated rings. The third-order valence-corrected chi connectivity index (χ3v) is 17.2. The number of carbonyl (C=O) groups excluding carboxylic acids is 2. The van der Waals surface area contributed by atoms with Gasteiger partial charge >= 0.3 is 19.8 Å². The van der Waals surface area contributed by atoms with Crippen LogP contribution >= 0.6 is 7.82 Å². The molecule has 2 unspecified atom stereocenters. The van der Waals surface area contributed by atoms with Crippen LogP contribution in [0.2, 0.25) is 0 Å². The van der Waals surface area contributed by atoms with Gasteiger partial charge in [-0.1, -0.05) is 361 Å². The molecule has 0 heterocycles. The molecule has 0 aliphatic carbocycles. The average Bonchev–Trinajstić information content (AvgIpc) is 3.71. The van der Waals surface area contributed by atoms with Crippen LogP contribution in [-0.4, -0.2) is 49.3 Å². The van der Waals surface area contributed by atoms with Crippen molar-refractivity contribution in [2.75, 3.05) is 26.4 Å². The van der Waals surface area contributed by atoms with Crippen molar-refractivity contribution in [3.8, 4) is 0 Å². The van der Waals surface area contributed by atoms with Crippen molar-refractivity contribution in [2.45, 2.75) is 360 Å². The second-order valence-electron chi connectivity index (χ2n) is 24.8. The Morgan fingerprint density at radius 2 is 0.625 bits per heavy atom. The van der Waals surface area contributed by atoms with E-state index in [1.807, 2.05) is 0 Å². The topological polar surface area (TPSA) is 134 Å². The van der Waals surface area contributed by atoms with Crippen molar-refractivity contribution in [2.24, 2.45) is 5.73 Å². The first-order valence-corrected chi connectivity index (χ1v) is 38.7. The second-order valence-corrected chi connectivity index (χ2v) is 26.2. The molecular weight excluding hydrogens is 1110 g/mol. The minimum absolute atomic E-state index is 0.0524. The maximum atomic E-state index is 12.8. The molecule has 0 aromatic heterocycles. The van der Waals surface area contributed by atoms with Gasteiger partial charge in [0.25, 0.3) is 0 Å². The summed E-state index contributed by atoms with van der Waals surface area (Å²) < 4.78 is 33.2. The Morgan fingerprint density at radius 3 is 0.932 bits per heavy atom. The predicted octanol–water partition coefficient (Wildman–Crippen LogP) is 24.7. The van der Waals surface area contributed by atoms with Crippen molar-refractivity contribution >= 4 is 19.8 Å². The molecule has 9 nitrogen and oxygen atoms in total. The highest BCUT2D eigenvalue weighted by Gasteiger charge is 2.26. The van der Waals surface area contributed by atoms with Gasteiger partial charge in [-0.15, -0.1) is 0 Å². The highest BCUT2D eigenvalue weighted by Crippen LogP contribution is 2.43. The summed E-state index contributed by atoms with van der Waals surface area (Å²) >= 11 is 0. The first-order valence-electron chi connectivity index (χ1n) is 37.2. The number of phosphoric ester groups is 1. The molecule has 2 atom stereocenters. The van der Waals surface area contributed by atoms with Crippen LogP contribution in [0, 0.1) is 0 Å². The van der Waals surface area contributed by atoms with Crippen LogP contribution in [0.1, 0.15) is 354 Å². The Morgan fingerprint density at radius 1 is 0.352 bits per heavy atom. The van der Waals surface area contributed by atoms with Crippen LogP contribution in [-0.2, 0) is 32.7 Å². The minimum Gasteiger partial charge on any atom is -0.462 e. The number of allylic oxidation sites excluding steroid dienone is 16. The molecule has 0 bridgehead atoms. The lowest BCUT2D eigenvalue weighted by Gasteiger charge is -2.19. The van der Waals surface area contributed by atoms with E-state index in [9.17, 15) is 19.0 Å². The lowest BCUT2D eigenvalue weighted by atomic mass is 10.0. The lowest BCUT2D eigenvalue weighted by molar-refractivity contribution is -0.161. The molecule has 0 aromatic carbocycles. The Kier molecular flexibility index (Phi) is 70.4. The summed E-state index contributed by atoms with van der Waals surface area (Å²) in [7, 11) is -4.40.